The number of benzene rings is 2. The van der Waals surface area contributed by atoms with Crippen molar-refractivity contribution in [2.45, 2.75) is 5.92 Å². The van der Waals surface area contributed by atoms with Crippen molar-refractivity contribution in [2.75, 3.05) is 25.6 Å². The van der Waals surface area contributed by atoms with Crippen LogP contribution in [0.1, 0.15) is 11.5 Å². The van der Waals surface area contributed by atoms with Crippen molar-refractivity contribution in [1.29, 1.82) is 0 Å². The van der Waals surface area contributed by atoms with Gasteiger partial charge in [0.1, 0.15) is 17.3 Å². The Bertz CT molecular complexity index is 615. The minimum Gasteiger partial charge on any atom is -0.494 e. The molecule has 2 aromatic carbocycles. The quantitative estimate of drug-likeness (QED) is 0.926. The molecular weight excluding hydrogens is 257 g/mol. The maximum atomic E-state index is 13.1. The number of para-hydroxylation sites is 1. The zero-order valence-corrected chi connectivity index (χ0v) is 11.2. The van der Waals surface area contributed by atoms with E-state index in [9.17, 15) is 4.39 Å². The van der Waals surface area contributed by atoms with Gasteiger partial charge >= 0.3 is 0 Å². The smallest absolute Gasteiger partial charge is 0.144 e. The number of anilines is 1. The van der Waals surface area contributed by atoms with Gasteiger partial charge in [0.15, 0.2) is 0 Å². The van der Waals surface area contributed by atoms with Crippen LogP contribution in [0.3, 0.4) is 0 Å². The molecule has 104 valence electrons. The van der Waals surface area contributed by atoms with Crippen LogP contribution in [0, 0.1) is 5.82 Å². The maximum Gasteiger partial charge on any atom is 0.144 e. The van der Waals surface area contributed by atoms with Crippen molar-refractivity contribution in [2.24, 2.45) is 0 Å². The molecule has 0 spiro atoms. The number of nitrogens with one attached hydrogen (secondary N) is 1. The summed E-state index contributed by atoms with van der Waals surface area (Å²) in [4.78, 5) is 0. The summed E-state index contributed by atoms with van der Waals surface area (Å²) in [5.74, 6) is 1.45. The summed E-state index contributed by atoms with van der Waals surface area (Å²) in [6, 6.07) is 12.5. The fourth-order valence-corrected chi connectivity index (χ4v) is 2.44. The second kappa shape index (κ2) is 5.41. The highest BCUT2D eigenvalue weighted by Crippen LogP contribution is 2.34. The minimum absolute atomic E-state index is 0.293. The second-order valence-electron chi connectivity index (χ2n) is 4.77. The summed E-state index contributed by atoms with van der Waals surface area (Å²) in [6.45, 7) is 1.38. The molecule has 3 rings (SSSR count). The van der Waals surface area contributed by atoms with Gasteiger partial charge in [0.2, 0.25) is 0 Å². The van der Waals surface area contributed by atoms with E-state index < -0.39 is 0 Å². The van der Waals surface area contributed by atoms with E-state index in [-0.39, 0.29) is 5.82 Å². The first-order valence-corrected chi connectivity index (χ1v) is 6.57. The summed E-state index contributed by atoms with van der Waals surface area (Å²) in [5, 5.41) is 3.30. The number of halogens is 1. The Hall–Kier alpha value is -2.23. The number of methoxy groups -OCH3 is 1. The lowest BCUT2D eigenvalue weighted by Gasteiger charge is -2.14. The molecule has 0 saturated heterocycles. The van der Waals surface area contributed by atoms with Gasteiger partial charge < -0.3 is 14.8 Å². The summed E-state index contributed by atoms with van der Waals surface area (Å²) in [6.07, 6.45) is 0. The molecule has 0 radical (unpaired) electrons. The van der Waals surface area contributed by atoms with E-state index in [1.807, 2.05) is 18.2 Å². The minimum atomic E-state index is -0.304. The van der Waals surface area contributed by atoms with E-state index in [0.717, 1.165) is 18.0 Å². The zero-order chi connectivity index (χ0) is 13.9. The molecule has 1 N–H and O–H groups in total. The normalized spacial score (nSPS) is 16.4. The van der Waals surface area contributed by atoms with Crippen molar-refractivity contribution in [1.82, 2.24) is 0 Å². The van der Waals surface area contributed by atoms with Gasteiger partial charge in [-0.1, -0.05) is 18.2 Å². The molecule has 0 amide bonds. The molecule has 0 saturated carbocycles. The predicted molar refractivity (Wildman–Crippen MR) is 76.1 cm³/mol. The van der Waals surface area contributed by atoms with Crippen molar-refractivity contribution < 1.29 is 13.9 Å². The van der Waals surface area contributed by atoms with Crippen LogP contribution >= 0.6 is 0 Å². The van der Waals surface area contributed by atoms with Crippen LogP contribution in [0.15, 0.2) is 42.5 Å². The molecule has 0 aliphatic carbocycles. The van der Waals surface area contributed by atoms with Crippen LogP contribution in [0.5, 0.6) is 11.5 Å². The molecule has 1 atom stereocenters. The first-order valence-electron chi connectivity index (χ1n) is 6.57. The molecule has 2 aromatic rings. The van der Waals surface area contributed by atoms with Gasteiger partial charge in [-0.3, -0.25) is 0 Å². The van der Waals surface area contributed by atoms with Gasteiger partial charge in [0.05, 0.1) is 19.4 Å². The molecule has 3 nitrogen and oxygen atoms in total. The first-order chi connectivity index (χ1) is 9.78. The largest absolute Gasteiger partial charge is 0.494 e. The van der Waals surface area contributed by atoms with E-state index in [2.05, 4.69) is 11.4 Å². The monoisotopic (exact) mass is 273 g/mol. The van der Waals surface area contributed by atoms with E-state index in [4.69, 9.17) is 9.47 Å². The molecule has 4 heteroatoms. The van der Waals surface area contributed by atoms with E-state index in [1.165, 1.54) is 24.8 Å². The van der Waals surface area contributed by atoms with Crippen LogP contribution in [0.4, 0.5) is 10.1 Å². The molecule has 20 heavy (non-hydrogen) atoms. The summed E-state index contributed by atoms with van der Waals surface area (Å²) < 4.78 is 24.0. The van der Waals surface area contributed by atoms with Gasteiger partial charge in [-0.25, -0.2) is 4.39 Å². The van der Waals surface area contributed by atoms with Gasteiger partial charge in [-0.05, 0) is 18.2 Å². The van der Waals surface area contributed by atoms with Crippen LogP contribution < -0.4 is 14.8 Å². The van der Waals surface area contributed by atoms with Crippen LogP contribution in [0.25, 0.3) is 0 Å². The lowest BCUT2D eigenvalue weighted by atomic mass is 10.0. The lowest BCUT2D eigenvalue weighted by Crippen LogP contribution is -2.14. The third kappa shape index (κ3) is 2.41. The van der Waals surface area contributed by atoms with Crippen molar-refractivity contribution in [3.63, 3.8) is 0 Å². The van der Waals surface area contributed by atoms with E-state index in [1.54, 1.807) is 6.07 Å². The Labute approximate surface area is 117 Å². The molecule has 0 bridgehead atoms. The summed E-state index contributed by atoms with van der Waals surface area (Å²) >= 11 is 0. The van der Waals surface area contributed by atoms with Crippen molar-refractivity contribution in [3.05, 3.63) is 53.8 Å². The Morgan fingerprint density at radius 1 is 1.30 bits per heavy atom. The van der Waals surface area contributed by atoms with Crippen LogP contribution in [-0.4, -0.2) is 20.3 Å². The Kier molecular flexibility index (Phi) is 3.46. The van der Waals surface area contributed by atoms with Crippen molar-refractivity contribution in [3.8, 4) is 11.5 Å². The number of hydrogen-bond donors (Lipinski definition) is 1. The first kappa shape index (κ1) is 12.8. The molecule has 1 unspecified atom stereocenters. The fourth-order valence-electron chi connectivity index (χ4n) is 2.44. The Balaban J connectivity index is 1.72. The second-order valence-corrected chi connectivity index (χ2v) is 4.77. The van der Waals surface area contributed by atoms with E-state index >= 15 is 0 Å². The van der Waals surface area contributed by atoms with Crippen LogP contribution in [0.2, 0.25) is 0 Å². The molecule has 0 fully saturated rings. The number of rotatable bonds is 4. The lowest BCUT2D eigenvalue weighted by molar-refractivity contribution is 0.334. The summed E-state index contributed by atoms with van der Waals surface area (Å²) in [7, 11) is 1.54. The molecule has 1 aliphatic heterocycles. The molecular formula is C16H16FNO2. The molecule has 1 heterocycles. The average molecular weight is 273 g/mol. The Morgan fingerprint density at radius 2 is 2.15 bits per heavy atom. The third-order valence-corrected chi connectivity index (χ3v) is 3.50. The molecule has 0 aromatic heterocycles. The SMILES string of the molecule is COc1cc(F)ccc1NCC1COc2ccccc21. The van der Waals surface area contributed by atoms with Gasteiger partial charge in [-0.2, -0.15) is 0 Å². The van der Waals surface area contributed by atoms with Gasteiger partial charge in [0, 0.05) is 24.1 Å². The predicted octanol–water partition coefficient (Wildman–Crippen LogP) is 3.42. The highest BCUT2D eigenvalue weighted by molar-refractivity contribution is 5.57. The third-order valence-electron chi connectivity index (χ3n) is 3.50. The summed E-state index contributed by atoms with van der Waals surface area (Å²) in [5.41, 5.74) is 2.00. The standard InChI is InChI=1S/C16H16FNO2/c1-19-16-8-12(17)6-7-14(16)18-9-11-10-20-15-5-3-2-4-13(11)15/h2-8,11,18H,9-10H2,1H3. The fraction of sp³-hybridized carbons (Fsp3) is 0.250. The number of ether oxygens (including phenoxy) is 2. The number of hydrogen-bond acceptors (Lipinski definition) is 3. The topological polar surface area (TPSA) is 30.5 Å². The highest BCUT2D eigenvalue weighted by Gasteiger charge is 2.23. The van der Waals surface area contributed by atoms with Gasteiger partial charge in [0.25, 0.3) is 0 Å². The molecule has 1 aliphatic rings. The highest BCUT2D eigenvalue weighted by atomic mass is 19.1. The van der Waals surface area contributed by atoms with Gasteiger partial charge in [-0.15, -0.1) is 0 Å². The zero-order valence-electron chi connectivity index (χ0n) is 11.2. The Morgan fingerprint density at radius 3 is 3.00 bits per heavy atom. The average Bonchev–Trinajstić information content (AvgIpc) is 2.89. The number of fused-ring (bicyclic) bond motifs is 1. The van der Waals surface area contributed by atoms with E-state index in [0.29, 0.717) is 18.3 Å². The van der Waals surface area contributed by atoms with Crippen LogP contribution in [-0.2, 0) is 0 Å². The maximum absolute atomic E-state index is 13.1. The van der Waals surface area contributed by atoms with Crippen molar-refractivity contribution >= 4 is 5.69 Å².